The minimum absolute atomic E-state index is 0.0795. The number of hydrogen-bond donors (Lipinski definition) is 2. The lowest BCUT2D eigenvalue weighted by atomic mass is 10.2. The Labute approximate surface area is 102 Å². The third-order valence-corrected chi connectivity index (χ3v) is 3.06. The molecule has 1 amide bonds. The summed E-state index contributed by atoms with van der Waals surface area (Å²) in [6, 6.07) is 3.91. The number of carbonyl (C=O) groups excluding carboxylic acids is 1. The number of carbonyl (C=O) groups is 1. The third-order valence-electron chi connectivity index (χ3n) is 3.06. The number of aromatic nitrogens is 1. The van der Waals surface area contributed by atoms with E-state index in [0.29, 0.717) is 11.6 Å². The molecule has 1 aliphatic rings. The molecule has 17 heavy (non-hydrogen) atoms. The van der Waals surface area contributed by atoms with Crippen molar-refractivity contribution in [2.75, 3.05) is 11.9 Å². The molecule has 0 bridgehead atoms. The molecule has 1 unspecified atom stereocenters. The molecule has 1 fully saturated rings. The van der Waals surface area contributed by atoms with Gasteiger partial charge in [-0.25, -0.2) is 0 Å². The largest absolute Gasteiger partial charge is 0.385 e. The van der Waals surface area contributed by atoms with Crippen molar-refractivity contribution in [3.63, 3.8) is 0 Å². The van der Waals surface area contributed by atoms with Gasteiger partial charge in [0.25, 0.3) is 5.91 Å². The molecule has 0 radical (unpaired) electrons. The molecule has 1 saturated carbocycles. The van der Waals surface area contributed by atoms with E-state index in [1.165, 1.54) is 12.8 Å². The number of nitrogens with zero attached hydrogens (tertiary/aromatic N) is 1. The molecule has 4 nitrogen and oxygen atoms in total. The maximum atomic E-state index is 11.9. The first-order valence-corrected chi connectivity index (χ1v) is 6.21. The van der Waals surface area contributed by atoms with Crippen LogP contribution in [0.15, 0.2) is 18.3 Å². The molecular formula is C13H19N3O. The number of nitrogens with one attached hydrogen (secondary N) is 2. The first-order valence-electron chi connectivity index (χ1n) is 6.21. The molecule has 1 aromatic rings. The topological polar surface area (TPSA) is 54.0 Å². The van der Waals surface area contributed by atoms with Crippen molar-refractivity contribution in [3.05, 3.63) is 24.0 Å². The highest BCUT2D eigenvalue weighted by Gasteiger charge is 2.29. The lowest BCUT2D eigenvalue weighted by Crippen LogP contribution is -2.34. The average Bonchev–Trinajstić information content (AvgIpc) is 3.13. The van der Waals surface area contributed by atoms with Gasteiger partial charge in [0.05, 0.1) is 0 Å². The van der Waals surface area contributed by atoms with Gasteiger partial charge in [-0.3, -0.25) is 9.78 Å². The fourth-order valence-electron chi connectivity index (χ4n) is 1.86. The Hall–Kier alpha value is -1.58. The van der Waals surface area contributed by atoms with Gasteiger partial charge in [0, 0.05) is 24.5 Å². The van der Waals surface area contributed by atoms with Gasteiger partial charge < -0.3 is 10.6 Å². The highest BCUT2D eigenvalue weighted by atomic mass is 16.1. The van der Waals surface area contributed by atoms with E-state index in [9.17, 15) is 4.79 Å². The Bertz CT molecular complexity index is 401. The number of anilines is 1. The zero-order chi connectivity index (χ0) is 12.3. The van der Waals surface area contributed by atoms with Crippen molar-refractivity contribution < 1.29 is 4.79 Å². The summed E-state index contributed by atoms with van der Waals surface area (Å²) in [5.41, 5.74) is 1.42. The van der Waals surface area contributed by atoms with Crippen LogP contribution in [0, 0.1) is 5.92 Å². The summed E-state index contributed by atoms with van der Waals surface area (Å²) in [5, 5.41) is 6.17. The lowest BCUT2D eigenvalue weighted by molar-refractivity contribution is 0.0931. The lowest BCUT2D eigenvalue weighted by Gasteiger charge is -2.12. The third kappa shape index (κ3) is 3.19. The predicted octanol–water partition coefficient (Wildman–Crippen LogP) is 2.04. The molecule has 0 aliphatic heterocycles. The Morgan fingerprint density at radius 1 is 1.59 bits per heavy atom. The van der Waals surface area contributed by atoms with Gasteiger partial charge >= 0.3 is 0 Å². The SMILES string of the molecule is CCNc1ccnc(C(=O)NC(C)C2CC2)c1. The fraction of sp³-hybridized carbons (Fsp3) is 0.538. The summed E-state index contributed by atoms with van der Waals surface area (Å²) in [7, 11) is 0. The first kappa shape index (κ1) is 11.9. The molecule has 0 spiro atoms. The van der Waals surface area contributed by atoms with E-state index in [1.54, 1.807) is 12.3 Å². The van der Waals surface area contributed by atoms with Gasteiger partial charge in [0.1, 0.15) is 5.69 Å². The van der Waals surface area contributed by atoms with Gasteiger partial charge in [-0.15, -0.1) is 0 Å². The van der Waals surface area contributed by atoms with Crippen LogP contribution in [-0.2, 0) is 0 Å². The molecule has 1 heterocycles. The van der Waals surface area contributed by atoms with Crippen LogP contribution >= 0.6 is 0 Å². The van der Waals surface area contributed by atoms with Crippen LogP contribution in [0.1, 0.15) is 37.2 Å². The zero-order valence-electron chi connectivity index (χ0n) is 10.4. The molecule has 0 aromatic carbocycles. The molecule has 1 aromatic heterocycles. The molecule has 2 N–H and O–H groups in total. The van der Waals surface area contributed by atoms with Crippen molar-refractivity contribution in [2.45, 2.75) is 32.7 Å². The smallest absolute Gasteiger partial charge is 0.270 e. The van der Waals surface area contributed by atoms with Crippen LogP contribution < -0.4 is 10.6 Å². The van der Waals surface area contributed by atoms with Gasteiger partial charge in [-0.1, -0.05) is 0 Å². The molecule has 2 rings (SSSR count). The van der Waals surface area contributed by atoms with Gasteiger partial charge in [-0.2, -0.15) is 0 Å². The van der Waals surface area contributed by atoms with Crippen LogP contribution in [0.5, 0.6) is 0 Å². The van der Waals surface area contributed by atoms with Crippen molar-refractivity contribution >= 4 is 11.6 Å². The fourth-order valence-corrected chi connectivity index (χ4v) is 1.86. The molecule has 1 aliphatic carbocycles. The summed E-state index contributed by atoms with van der Waals surface area (Å²) in [6.45, 7) is 4.92. The maximum Gasteiger partial charge on any atom is 0.270 e. The second-order valence-corrected chi connectivity index (χ2v) is 4.56. The van der Waals surface area contributed by atoms with Gasteiger partial charge in [-0.05, 0) is 44.7 Å². The Kier molecular flexibility index (Phi) is 3.61. The molecular weight excluding hydrogens is 214 g/mol. The van der Waals surface area contributed by atoms with Gasteiger partial charge in [0.2, 0.25) is 0 Å². The van der Waals surface area contributed by atoms with Crippen molar-refractivity contribution in [3.8, 4) is 0 Å². The van der Waals surface area contributed by atoms with E-state index >= 15 is 0 Å². The van der Waals surface area contributed by atoms with E-state index < -0.39 is 0 Å². The van der Waals surface area contributed by atoms with Crippen molar-refractivity contribution in [1.82, 2.24) is 10.3 Å². The summed E-state index contributed by atoms with van der Waals surface area (Å²) in [5.74, 6) is 0.583. The highest BCUT2D eigenvalue weighted by Crippen LogP contribution is 2.32. The Balaban J connectivity index is 1.99. The van der Waals surface area contributed by atoms with E-state index in [4.69, 9.17) is 0 Å². The summed E-state index contributed by atoms with van der Waals surface area (Å²) in [6.07, 6.45) is 4.12. The van der Waals surface area contributed by atoms with Crippen LogP contribution in [0.3, 0.4) is 0 Å². The van der Waals surface area contributed by atoms with Crippen molar-refractivity contribution in [2.24, 2.45) is 5.92 Å². The van der Waals surface area contributed by atoms with Crippen LogP contribution in [0.2, 0.25) is 0 Å². The highest BCUT2D eigenvalue weighted by molar-refractivity contribution is 5.93. The van der Waals surface area contributed by atoms with E-state index in [1.807, 2.05) is 13.0 Å². The summed E-state index contributed by atoms with van der Waals surface area (Å²) >= 11 is 0. The van der Waals surface area contributed by atoms with Crippen LogP contribution in [0.4, 0.5) is 5.69 Å². The molecule has 1 atom stereocenters. The minimum Gasteiger partial charge on any atom is -0.385 e. The summed E-state index contributed by atoms with van der Waals surface area (Å²) in [4.78, 5) is 16.0. The number of pyridine rings is 1. The normalized spacial score (nSPS) is 16.4. The minimum atomic E-state index is -0.0795. The molecule has 4 heteroatoms. The first-order chi connectivity index (χ1) is 8.20. The monoisotopic (exact) mass is 233 g/mol. The Morgan fingerprint density at radius 2 is 2.35 bits per heavy atom. The second kappa shape index (κ2) is 5.17. The van der Waals surface area contributed by atoms with E-state index in [-0.39, 0.29) is 11.9 Å². The predicted molar refractivity (Wildman–Crippen MR) is 68.1 cm³/mol. The van der Waals surface area contributed by atoms with E-state index in [2.05, 4.69) is 22.5 Å². The van der Waals surface area contributed by atoms with Crippen LogP contribution in [-0.4, -0.2) is 23.5 Å². The zero-order valence-corrected chi connectivity index (χ0v) is 10.4. The van der Waals surface area contributed by atoms with Gasteiger partial charge in [0.15, 0.2) is 0 Å². The van der Waals surface area contributed by atoms with Crippen LogP contribution in [0.25, 0.3) is 0 Å². The summed E-state index contributed by atoms with van der Waals surface area (Å²) < 4.78 is 0. The maximum absolute atomic E-state index is 11.9. The Morgan fingerprint density at radius 3 is 3.00 bits per heavy atom. The standard InChI is InChI=1S/C13H19N3O/c1-3-14-11-6-7-15-12(8-11)13(17)16-9(2)10-4-5-10/h6-10H,3-5H2,1-2H3,(H,14,15)(H,16,17). The molecule has 0 saturated heterocycles. The van der Waals surface area contributed by atoms with Crippen molar-refractivity contribution in [1.29, 1.82) is 0 Å². The number of hydrogen-bond acceptors (Lipinski definition) is 3. The number of amides is 1. The van der Waals surface area contributed by atoms with E-state index in [0.717, 1.165) is 12.2 Å². The molecule has 92 valence electrons. The number of rotatable bonds is 5. The average molecular weight is 233 g/mol. The second-order valence-electron chi connectivity index (χ2n) is 4.56. The quantitative estimate of drug-likeness (QED) is 0.818.